The van der Waals surface area contributed by atoms with Crippen molar-refractivity contribution in [2.75, 3.05) is 6.54 Å². The van der Waals surface area contributed by atoms with E-state index in [1.165, 1.54) is 29.6 Å². The maximum absolute atomic E-state index is 14.8. The Hall–Kier alpha value is -3.63. The lowest BCUT2D eigenvalue weighted by Crippen LogP contribution is -2.53. The third-order valence-electron chi connectivity index (χ3n) is 5.80. The van der Waals surface area contributed by atoms with Gasteiger partial charge in [-0.3, -0.25) is 0 Å². The van der Waals surface area contributed by atoms with Crippen molar-refractivity contribution in [2.45, 2.75) is 36.8 Å². The van der Waals surface area contributed by atoms with Crippen molar-refractivity contribution in [1.82, 2.24) is 10.6 Å². The van der Waals surface area contributed by atoms with E-state index >= 15 is 0 Å². The molecule has 4 nitrogen and oxygen atoms in total. The van der Waals surface area contributed by atoms with Gasteiger partial charge in [-0.1, -0.05) is 34.1 Å². The quantitative estimate of drug-likeness (QED) is 0.221. The largest absolute Gasteiger partial charge is 0.461 e. The fourth-order valence-electron chi connectivity index (χ4n) is 3.96. The molecule has 3 rings (SSSR count). The minimum absolute atomic E-state index is 0.127. The SMILES string of the molecule is O=C(NCC(F)(F)F)N[C@@](Cc1ccc(Br)cc1)(c1cc(F)cc(OC(F)(F)C(F)F)c1)c1ccc(F)c(C(F)(F)F)c1. The normalized spacial score (nSPS) is 13.9. The number of halogens is 13. The smallest absolute Gasteiger partial charge is 0.428 e. The molecule has 0 bridgehead atoms. The van der Waals surface area contributed by atoms with Crippen LogP contribution >= 0.6 is 15.9 Å². The molecule has 0 fully saturated rings. The van der Waals surface area contributed by atoms with Crippen molar-refractivity contribution in [3.63, 3.8) is 0 Å². The van der Waals surface area contributed by atoms with E-state index in [1.54, 1.807) is 0 Å². The lowest BCUT2D eigenvalue weighted by atomic mass is 9.77. The van der Waals surface area contributed by atoms with E-state index in [1.807, 2.05) is 5.32 Å². The van der Waals surface area contributed by atoms with E-state index in [2.05, 4.69) is 20.7 Å². The van der Waals surface area contributed by atoms with Gasteiger partial charge in [0.2, 0.25) is 0 Å². The van der Waals surface area contributed by atoms with E-state index in [0.717, 1.165) is 0 Å². The lowest BCUT2D eigenvalue weighted by molar-refractivity contribution is -0.253. The van der Waals surface area contributed by atoms with Crippen molar-refractivity contribution in [1.29, 1.82) is 0 Å². The van der Waals surface area contributed by atoms with Crippen molar-refractivity contribution in [3.8, 4) is 5.75 Å². The second-order valence-corrected chi connectivity index (χ2v) is 9.88. The van der Waals surface area contributed by atoms with Gasteiger partial charge in [0.15, 0.2) is 0 Å². The fraction of sp³-hybridized carbons (Fsp3) is 0.269. The van der Waals surface area contributed by atoms with Crippen LogP contribution in [0.25, 0.3) is 0 Å². The topological polar surface area (TPSA) is 50.4 Å². The van der Waals surface area contributed by atoms with Gasteiger partial charge in [0.05, 0.1) is 11.1 Å². The summed E-state index contributed by atoms with van der Waals surface area (Å²) >= 11 is 3.14. The van der Waals surface area contributed by atoms with Gasteiger partial charge in [0, 0.05) is 17.0 Å². The second kappa shape index (κ2) is 12.5. The first-order valence-corrected chi connectivity index (χ1v) is 12.4. The van der Waals surface area contributed by atoms with Gasteiger partial charge < -0.3 is 15.4 Å². The first-order chi connectivity index (χ1) is 19.7. The molecule has 0 aliphatic heterocycles. The predicted molar refractivity (Wildman–Crippen MR) is 131 cm³/mol. The van der Waals surface area contributed by atoms with Gasteiger partial charge in [0.25, 0.3) is 0 Å². The van der Waals surface area contributed by atoms with Crippen LogP contribution in [0.5, 0.6) is 5.75 Å². The Bertz CT molecular complexity index is 1450. The predicted octanol–water partition coefficient (Wildman–Crippen LogP) is 8.33. The van der Waals surface area contributed by atoms with Crippen molar-refractivity contribution in [2.24, 2.45) is 0 Å². The van der Waals surface area contributed by atoms with Crippen LogP contribution in [0.15, 0.2) is 65.1 Å². The minimum atomic E-state index is -5.35. The number of carbonyl (C=O) groups is 1. The van der Waals surface area contributed by atoms with Gasteiger partial charge in [-0.25, -0.2) is 13.6 Å². The number of rotatable bonds is 9. The van der Waals surface area contributed by atoms with Crippen molar-refractivity contribution >= 4 is 22.0 Å². The molecular formula is C26H17BrF12N2O2. The molecule has 0 unspecified atom stereocenters. The molecule has 43 heavy (non-hydrogen) atoms. The number of nitrogens with one attached hydrogen (secondary N) is 2. The molecule has 0 saturated carbocycles. The molecule has 0 saturated heterocycles. The molecule has 0 radical (unpaired) electrons. The molecular weight excluding hydrogens is 680 g/mol. The number of amides is 2. The van der Waals surface area contributed by atoms with Crippen LogP contribution in [0.1, 0.15) is 22.3 Å². The van der Waals surface area contributed by atoms with Gasteiger partial charge in [-0.15, -0.1) is 0 Å². The summed E-state index contributed by atoms with van der Waals surface area (Å²) in [6.45, 7) is -1.94. The third kappa shape index (κ3) is 8.70. The summed E-state index contributed by atoms with van der Waals surface area (Å²) in [7, 11) is 0. The molecule has 0 heterocycles. The molecule has 0 aromatic heterocycles. The Morgan fingerprint density at radius 1 is 0.837 bits per heavy atom. The van der Waals surface area contributed by atoms with Crippen LogP contribution < -0.4 is 15.4 Å². The first kappa shape index (κ1) is 33.9. The van der Waals surface area contributed by atoms with E-state index in [-0.39, 0.29) is 17.7 Å². The lowest BCUT2D eigenvalue weighted by Gasteiger charge is -2.37. The summed E-state index contributed by atoms with van der Waals surface area (Å²) in [5.41, 5.74) is -5.81. The monoisotopic (exact) mass is 696 g/mol. The molecule has 3 aromatic carbocycles. The molecule has 1 atom stereocenters. The van der Waals surface area contributed by atoms with Crippen LogP contribution in [-0.4, -0.2) is 31.3 Å². The highest BCUT2D eigenvalue weighted by atomic mass is 79.9. The maximum atomic E-state index is 14.8. The van der Waals surface area contributed by atoms with E-state index in [4.69, 9.17) is 0 Å². The Labute approximate surface area is 243 Å². The second-order valence-electron chi connectivity index (χ2n) is 8.96. The van der Waals surface area contributed by atoms with Crippen LogP contribution in [0.3, 0.4) is 0 Å². The van der Waals surface area contributed by atoms with Crippen LogP contribution in [-0.2, 0) is 18.1 Å². The standard InChI is InChI=1S/C26H17BrF12N2O2/c27-16-4-1-13(2-5-16)11-23(41-22(42)40-12-24(32,33)34,14-3-6-20(29)19(9-14)25(35,36)37)15-7-17(28)10-18(8-15)43-26(38,39)21(30)31/h1-10,21H,11-12H2,(H2,40,41,42)/t23-/m1/s1. The Morgan fingerprint density at radius 2 is 1.47 bits per heavy atom. The van der Waals surface area contributed by atoms with Gasteiger partial charge in [-0.05, 0) is 53.1 Å². The van der Waals surface area contributed by atoms with Gasteiger partial charge in [-0.2, -0.15) is 43.9 Å². The third-order valence-corrected chi connectivity index (χ3v) is 6.32. The van der Waals surface area contributed by atoms with Gasteiger partial charge in [0.1, 0.15) is 23.9 Å². The number of hydrogen-bond acceptors (Lipinski definition) is 2. The van der Waals surface area contributed by atoms with Crippen molar-refractivity contribution < 1.29 is 62.2 Å². The zero-order valence-corrected chi connectivity index (χ0v) is 22.6. The highest BCUT2D eigenvalue weighted by Crippen LogP contribution is 2.41. The summed E-state index contributed by atoms with van der Waals surface area (Å²) in [5, 5.41) is 3.46. The average molecular weight is 697 g/mol. The highest BCUT2D eigenvalue weighted by Gasteiger charge is 2.45. The molecule has 0 spiro atoms. The van der Waals surface area contributed by atoms with E-state index in [0.29, 0.717) is 28.7 Å². The molecule has 0 aliphatic carbocycles. The van der Waals surface area contributed by atoms with Crippen LogP contribution in [0, 0.1) is 11.6 Å². The highest BCUT2D eigenvalue weighted by molar-refractivity contribution is 9.10. The maximum Gasteiger partial charge on any atom is 0.461 e. The van der Waals surface area contributed by atoms with Gasteiger partial charge >= 0.3 is 30.9 Å². The summed E-state index contributed by atoms with van der Waals surface area (Å²) in [6, 6.07) is 6.18. The Balaban J connectivity index is 2.35. The molecule has 0 aliphatic rings. The number of ether oxygens (including phenoxy) is 1. The summed E-state index contributed by atoms with van der Waals surface area (Å²) in [5.74, 6) is -4.56. The van der Waals surface area contributed by atoms with E-state index in [9.17, 15) is 57.5 Å². The summed E-state index contributed by atoms with van der Waals surface area (Å²) in [4.78, 5) is 12.8. The molecule has 3 aromatic rings. The zero-order chi connectivity index (χ0) is 32.4. The average Bonchev–Trinajstić information content (AvgIpc) is 2.87. The molecule has 17 heteroatoms. The van der Waals surface area contributed by atoms with Crippen LogP contribution in [0.4, 0.5) is 57.5 Å². The fourth-order valence-corrected chi connectivity index (χ4v) is 4.23. The Morgan fingerprint density at radius 3 is 2.02 bits per heavy atom. The molecule has 2 N–H and O–H groups in total. The number of alkyl halides is 10. The zero-order valence-electron chi connectivity index (χ0n) is 21.0. The number of hydrogen-bond donors (Lipinski definition) is 2. The number of benzene rings is 3. The van der Waals surface area contributed by atoms with Crippen molar-refractivity contribution in [3.05, 3.63) is 99.0 Å². The molecule has 2 amide bonds. The number of urea groups is 1. The first-order valence-electron chi connectivity index (χ1n) is 11.6. The van der Waals surface area contributed by atoms with Crippen LogP contribution in [0.2, 0.25) is 0 Å². The minimum Gasteiger partial charge on any atom is -0.428 e. The molecule has 234 valence electrons. The summed E-state index contributed by atoms with van der Waals surface area (Å²) in [6.07, 6.45) is -20.6. The summed E-state index contributed by atoms with van der Waals surface area (Å²) < 4.78 is 166. The Kier molecular flexibility index (Phi) is 9.88. The number of carbonyl (C=O) groups excluding carboxylic acids is 1. The van der Waals surface area contributed by atoms with E-state index < -0.39 is 83.5 Å².